The van der Waals surface area contributed by atoms with Gasteiger partial charge in [-0.25, -0.2) is 4.99 Å². The summed E-state index contributed by atoms with van der Waals surface area (Å²) in [6, 6.07) is 8.16. The number of likely N-dealkylation sites (tertiary alicyclic amines) is 1. The highest BCUT2D eigenvalue weighted by molar-refractivity contribution is 14.0. The topological polar surface area (TPSA) is 78.0 Å². The van der Waals surface area contributed by atoms with Gasteiger partial charge < -0.3 is 20.7 Å². The molecule has 0 bridgehead atoms. The van der Waals surface area contributed by atoms with Gasteiger partial charge in [0.15, 0.2) is 12.6 Å². The smallest absolute Gasteiger partial charge is 0.257 e. The largest absolute Gasteiger partial charge is 0.484 e. The zero-order valence-electron chi connectivity index (χ0n) is 19.1. The molecule has 0 spiro atoms. The van der Waals surface area contributed by atoms with Gasteiger partial charge in [-0.05, 0) is 51.3 Å². The molecular formula is C23H38IN5O2. The number of aliphatic imine (C=N–C) groups is 1. The summed E-state index contributed by atoms with van der Waals surface area (Å²) >= 11 is 0. The molecular weight excluding hydrogens is 505 g/mol. The first-order chi connectivity index (χ1) is 14.5. The average Bonchev–Trinajstić information content (AvgIpc) is 2.72. The molecule has 0 saturated carbocycles. The van der Waals surface area contributed by atoms with Crippen molar-refractivity contribution in [3.05, 3.63) is 42.0 Å². The van der Waals surface area contributed by atoms with Crippen LogP contribution in [0, 0.1) is 0 Å². The molecule has 2 rings (SSSR count). The van der Waals surface area contributed by atoms with Gasteiger partial charge in [0.2, 0.25) is 0 Å². The molecule has 0 atom stereocenters. The molecule has 0 aliphatic carbocycles. The first-order valence-electron chi connectivity index (χ1n) is 10.9. The fourth-order valence-electron chi connectivity index (χ4n) is 3.43. The molecule has 1 aromatic carbocycles. The molecule has 8 heteroatoms. The third-order valence-corrected chi connectivity index (χ3v) is 4.83. The molecule has 1 saturated heterocycles. The van der Waals surface area contributed by atoms with Crippen LogP contribution in [0.15, 0.2) is 41.4 Å². The van der Waals surface area contributed by atoms with Crippen LogP contribution < -0.4 is 20.7 Å². The molecule has 174 valence electrons. The van der Waals surface area contributed by atoms with Crippen LogP contribution in [0.1, 0.15) is 39.2 Å². The Balaban J connectivity index is 0.00000480. The van der Waals surface area contributed by atoms with Crippen LogP contribution >= 0.6 is 24.0 Å². The summed E-state index contributed by atoms with van der Waals surface area (Å²) in [6.07, 6.45) is 2.20. The van der Waals surface area contributed by atoms with Gasteiger partial charge in [-0.1, -0.05) is 24.3 Å². The third-order valence-electron chi connectivity index (χ3n) is 4.83. The van der Waals surface area contributed by atoms with Crippen LogP contribution in [-0.4, -0.2) is 62.1 Å². The molecule has 0 unspecified atom stereocenters. The molecule has 1 aliphatic heterocycles. The molecule has 3 N–H and O–H groups in total. The fourth-order valence-corrected chi connectivity index (χ4v) is 3.43. The van der Waals surface area contributed by atoms with Crippen LogP contribution in [0.5, 0.6) is 5.75 Å². The number of guanidine groups is 1. The van der Waals surface area contributed by atoms with Crippen molar-refractivity contribution in [1.82, 2.24) is 20.9 Å². The zero-order chi connectivity index (χ0) is 21.8. The van der Waals surface area contributed by atoms with Crippen molar-refractivity contribution in [3.8, 4) is 5.75 Å². The maximum atomic E-state index is 11.6. The fraction of sp³-hybridized carbons (Fsp3) is 0.565. The quantitative estimate of drug-likeness (QED) is 0.183. The summed E-state index contributed by atoms with van der Waals surface area (Å²) in [4.78, 5) is 18.8. The molecule has 0 aromatic heterocycles. The van der Waals surface area contributed by atoms with Gasteiger partial charge >= 0.3 is 0 Å². The van der Waals surface area contributed by atoms with E-state index in [-0.39, 0.29) is 36.5 Å². The van der Waals surface area contributed by atoms with Crippen LogP contribution in [0.2, 0.25) is 0 Å². The van der Waals surface area contributed by atoms with Crippen molar-refractivity contribution < 1.29 is 9.53 Å². The molecule has 7 nitrogen and oxygen atoms in total. The molecule has 1 amide bonds. The second-order valence-electron chi connectivity index (χ2n) is 7.74. The third kappa shape index (κ3) is 10.9. The number of ether oxygens (including phenoxy) is 1. The second-order valence-corrected chi connectivity index (χ2v) is 7.74. The van der Waals surface area contributed by atoms with Crippen molar-refractivity contribution in [1.29, 1.82) is 0 Å². The second kappa shape index (κ2) is 15.1. The minimum Gasteiger partial charge on any atom is -0.484 e. The zero-order valence-corrected chi connectivity index (χ0v) is 21.4. The van der Waals surface area contributed by atoms with Gasteiger partial charge in [-0.3, -0.25) is 9.69 Å². The first kappa shape index (κ1) is 27.2. The molecule has 31 heavy (non-hydrogen) atoms. The number of hydrogen-bond donors (Lipinski definition) is 3. The Kier molecular flexibility index (Phi) is 13.2. The Hall–Kier alpha value is -1.81. The van der Waals surface area contributed by atoms with E-state index in [0.717, 1.165) is 50.5 Å². The predicted octanol–water partition coefficient (Wildman–Crippen LogP) is 2.92. The molecule has 0 radical (unpaired) electrons. The first-order valence-corrected chi connectivity index (χ1v) is 10.9. The standard InChI is InChI=1S/C23H37N5O2.HI/c1-5-24-22(29)17-30-21-9-7-8-19(14-21)15-26-23(25-6-2)27-20-10-12-28(13-11-20)16-18(3)4;/h7-9,14,20H,3,5-6,10-13,15-17H2,1-2,4H3,(H,24,29)(H2,25,26,27);1H. The van der Waals surface area contributed by atoms with Crippen LogP contribution in [0.25, 0.3) is 0 Å². The van der Waals surface area contributed by atoms with E-state index < -0.39 is 0 Å². The predicted molar refractivity (Wildman–Crippen MR) is 138 cm³/mol. The number of halogens is 1. The lowest BCUT2D eigenvalue weighted by atomic mass is 10.0. The van der Waals surface area contributed by atoms with Crippen molar-refractivity contribution in [3.63, 3.8) is 0 Å². The number of benzene rings is 1. The molecule has 1 aromatic rings. The van der Waals surface area contributed by atoms with E-state index in [2.05, 4.69) is 41.3 Å². The summed E-state index contributed by atoms with van der Waals surface area (Å²) in [6.45, 7) is 15.2. The number of carbonyl (C=O) groups excluding carboxylic acids is 1. The van der Waals surface area contributed by atoms with Crippen LogP contribution in [-0.2, 0) is 11.3 Å². The minimum atomic E-state index is -0.117. The number of rotatable bonds is 10. The van der Waals surface area contributed by atoms with Crippen molar-refractivity contribution in [2.45, 2.75) is 46.2 Å². The summed E-state index contributed by atoms with van der Waals surface area (Å²) in [5, 5.41) is 9.64. The maximum absolute atomic E-state index is 11.6. The van der Waals surface area contributed by atoms with E-state index in [1.54, 1.807) is 0 Å². The van der Waals surface area contributed by atoms with Gasteiger partial charge in [-0.15, -0.1) is 24.0 Å². The van der Waals surface area contributed by atoms with E-state index in [1.807, 2.05) is 31.2 Å². The Morgan fingerprint density at radius 3 is 2.58 bits per heavy atom. The molecule has 1 heterocycles. The average molecular weight is 543 g/mol. The van der Waals surface area contributed by atoms with Crippen molar-refractivity contribution in [2.24, 2.45) is 4.99 Å². The summed E-state index contributed by atoms with van der Waals surface area (Å²) < 4.78 is 5.57. The number of carbonyl (C=O) groups is 1. The lowest BCUT2D eigenvalue weighted by Crippen LogP contribution is -2.48. The highest BCUT2D eigenvalue weighted by atomic mass is 127. The number of nitrogens with zero attached hydrogens (tertiary/aromatic N) is 2. The number of hydrogen-bond acceptors (Lipinski definition) is 4. The lowest BCUT2D eigenvalue weighted by molar-refractivity contribution is -0.122. The Labute approximate surface area is 204 Å². The van der Waals surface area contributed by atoms with Gasteiger partial charge in [0.1, 0.15) is 5.75 Å². The molecule has 1 fully saturated rings. The van der Waals surface area contributed by atoms with Crippen molar-refractivity contribution >= 4 is 35.8 Å². The monoisotopic (exact) mass is 543 g/mol. The van der Waals surface area contributed by atoms with E-state index in [1.165, 1.54) is 5.57 Å². The van der Waals surface area contributed by atoms with E-state index in [4.69, 9.17) is 9.73 Å². The normalized spacial score (nSPS) is 15.0. The highest BCUT2D eigenvalue weighted by Gasteiger charge is 2.19. The Bertz CT molecular complexity index is 718. The van der Waals surface area contributed by atoms with E-state index >= 15 is 0 Å². The highest BCUT2D eigenvalue weighted by Crippen LogP contribution is 2.15. The van der Waals surface area contributed by atoms with Gasteiger partial charge in [-0.2, -0.15) is 0 Å². The van der Waals surface area contributed by atoms with Gasteiger partial charge in [0, 0.05) is 38.8 Å². The lowest BCUT2D eigenvalue weighted by Gasteiger charge is -2.33. The van der Waals surface area contributed by atoms with E-state index in [0.29, 0.717) is 24.9 Å². The van der Waals surface area contributed by atoms with Crippen LogP contribution in [0.4, 0.5) is 0 Å². The Morgan fingerprint density at radius 1 is 1.23 bits per heavy atom. The van der Waals surface area contributed by atoms with Gasteiger partial charge in [0.05, 0.1) is 6.54 Å². The minimum absolute atomic E-state index is 0. The van der Waals surface area contributed by atoms with Crippen LogP contribution in [0.3, 0.4) is 0 Å². The summed E-state index contributed by atoms with van der Waals surface area (Å²) in [7, 11) is 0. The maximum Gasteiger partial charge on any atom is 0.257 e. The number of nitrogens with one attached hydrogen (secondary N) is 3. The summed E-state index contributed by atoms with van der Waals surface area (Å²) in [5.41, 5.74) is 2.25. The number of piperidine rings is 1. The SMILES string of the molecule is C=C(C)CN1CCC(NC(=NCc2cccc(OCC(=O)NCC)c2)NCC)CC1.I. The van der Waals surface area contributed by atoms with Gasteiger partial charge in [0.25, 0.3) is 5.91 Å². The number of amides is 1. The Morgan fingerprint density at radius 2 is 1.94 bits per heavy atom. The van der Waals surface area contributed by atoms with E-state index in [9.17, 15) is 4.79 Å². The molecule has 1 aliphatic rings. The summed E-state index contributed by atoms with van der Waals surface area (Å²) in [5.74, 6) is 1.40. The number of likely N-dealkylation sites (N-methyl/N-ethyl adjacent to an activating group) is 1. The van der Waals surface area contributed by atoms with Crippen molar-refractivity contribution in [2.75, 3.05) is 39.3 Å².